The number of phenolic OH excluding ortho intramolecular Hbond substituents is 1. The van der Waals surface area contributed by atoms with Gasteiger partial charge < -0.3 is 14.8 Å². The van der Waals surface area contributed by atoms with Gasteiger partial charge in [0.1, 0.15) is 17.1 Å². The van der Waals surface area contributed by atoms with E-state index in [0.717, 1.165) is 33.3 Å². The Kier molecular flexibility index (Phi) is 3.46. The van der Waals surface area contributed by atoms with Crippen LogP contribution in [0, 0.1) is 6.92 Å². The van der Waals surface area contributed by atoms with E-state index >= 15 is 0 Å². The van der Waals surface area contributed by atoms with Crippen LogP contribution in [0.3, 0.4) is 0 Å². The molecule has 1 heterocycles. The Hall–Kier alpha value is -3.27. The lowest BCUT2D eigenvalue weighted by molar-refractivity contribution is 0.474. The minimum absolute atomic E-state index is 0.107. The van der Waals surface area contributed by atoms with Gasteiger partial charge in [-0.05, 0) is 54.4 Å². The first-order valence-electron chi connectivity index (χ1n) is 8.05. The number of anilines is 1. The smallest absolute Gasteiger partial charge is 0.182 e. The molecule has 2 aromatic carbocycles. The van der Waals surface area contributed by atoms with Crippen molar-refractivity contribution in [2.45, 2.75) is 6.92 Å². The normalized spacial score (nSPS) is 11.1. The van der Waals surface area contributed by atoms with Crippen molar-refractivity contribution in [2.75, 3.05) is 12.4 Å². The summed E-state index contributed by atoms with van der Waals surface area (Å²) >= 11 is 0. The summed E-state index contributed by atoms with van der Waals surface area (Å²) in [7, 11) is 1.89. The van der Waals surface area contributed by atoms with E-state index < -0.39 is 0 Å². The Bertz CT molecular complexity index is 1130. The second kappa shape index (κ2) is 5.67. The molecule has 2 aromatic rings. The first-order valence-corrected chi connectivity index (χ1v) is 8.05. The van der Waals surface area contributed by atoms with Crippen LogP contribution < -0.4 is 10.7 Å². The van der Waals surface area contributed by atoms with Crippen molar-refractivity contribution in [3.05, 3.63) is 70.4 Å². The maximum atomic E-state index is 11.8. The van der Waals surface area contributed by atoms with Crippen molar-refractivity contribution >= 4 is 16.7 Å². The van der Waals surface area contributed by atoms with Crippen LogP contribution in [0.1, 0.15) is 5.56 Å². The highest BCUT2D eigenvalue weighted by molar-refractivity contribution is 6.02. The third-order valence-corrected chi connectivity index (χ3v) is 4.46. The number of aryl methyl sites for hydroxylation is 1. The van der Waals surface area contributed by atoms with E-state index in [2.05, 4.69) is 24.4 Å². The average Bonchev–Trinajstić information content (AvgIpc) is 2.59. The lowest BCUT2D eigenvalue weighted by Crippen LogP contribution is -2.00. The van der Waals surface area contributed by atoms with Crippen molar-refractivity contribution in [3.8, 4) is 28.2 Å². The molecule has 0 unspecified atom stereocenters. The Morgan fingerprint density at radius 2 is 1.76 bits per heavy atom. The van der Waals surface area contributed by atoms with Crippen LogP contribution in [0.25, 0.3) is 33.4 Å². The summed E-state index contributed by atoms with van der Waals surface area (Å²) in [5, 5.41) is 13.8. The second-order valence-corrected chi connectivity index (χ2v) is 6.10. The molecule has 0 atom stereocenters. The van der Waals surface area contributed by atoms with Gasteiger partial charge in [0.05, 0.1) is 0 Å². The molecule has 0 aromatic heterocycles. The molecular formula is C21H17NO3. The molecule has 0 radical (unpaired) electrons. The quantitative estimate of drug-likeness (QED) is 0.526. The SMILES string of the molecule is CNc1ccc(-c2c3ccc(=O)cc-3oc3cc(O)ccc23)c(C)c1. The Balaban J connectivity index is 2.15. The van der Waals surface area contributed by atoms with E-state index in [1.165, 1.54) is 6.07 Å². The number of aromatic hydroxyl groups is 1. The molecule has 1 aliphatic carbocycles. The highest BCUT2D eigenvalue weighted by atomic mass is 16.3. The summed E-state index contributed by atoms with van der Waals surface area (Å²) in [6, 6.07) is 16.1. The van der Waals surface area contributed by atoms with Crippen LogP contribution in [-0.2, 0) is 0 Å². The minimum Gasteiger partial charge on any atom is -0.508 e. The van der Waals surface area contributed by atoms with Gasteiger partial charge in [-0.3, -0.25) is 4.79 Å². The number of hydrogen-bond donors (Lipinski definition) is 2. The van der Waals surface area contributed by atoms with Gasteiger partial charge in [0.15, 0.2) is 5.43 Å². The van der Waals surface area contributed by atoms with Gasteiger partial charge in [0.2, 0.25) is 0 Å². The molecule has 0 bridgehead atoms. The fraction of sp³-hybridized carbons (Fsp3) is 0.0952. The molecular weight excluding hydrogens is 314 g/mol. The highest BCUT2D eigenvalue weighted by Gasteiger charge is 2.18. The minimum atomic E-state index is -0.107. The summed E-state index contributed by atoms with van der Waals surface area (Å²) < 4.78 is 5.88. The van der Waals surface area contributed by atoms with E-state index in [1.54, 1.807) is 24.3 Å². The first-order chi connectivity index (χ1) is 12.1. The topological polar surface area (TPSA) is 62.5 Å². The van der Waals surface area contributed by atoms with Crippen molar-refractivity contribution in [1.29, 1.82) is 0 Å². The van der Waals surface area contributed by atoms with E-state index in [-0.39, 0.29) is 11.2 Å². The lowest BCUT2D eigenvalue weighted by atomic mass is 9.91. The van der Waals surface area contributed by atoms with Crippen LogP contribution in [-0.4, -0.2) is 12.2 Å². The average molecular weight is 331 g/mol. The van der Waals surface area contributed by atoms with Crippen LogP contribution in [0.4, 0.5) is 5.69 Å². The van der Waals surface area contributed by atoms with Crippen molar-refractivity contribution in [2.24, 2.45) is 0 Å². The zero-order chi connectivity index (χ0) is 17.6. The van der Waals surface area contributed by atoms with E-state index in [0.29, 0.717) is 11.3 Å². The Labute approximate surface area is 144 Å². The number of nitrogens with one attached hydrogen (secondary N) is 1. The van der Waals surface area contributed by atoms with Crippen molar-refractivity contribution in [3.63, 3.8) is 0 Å². The van der Waals surface area contributed by atoms with E-state index in [4.69, 9.17) is 4.42 Å². The molecule has 1 aliphatic heterocycles. The molecule has 4 heteroatoms. The summed E-state index contributed by atoms with van der Waals surface area (Å²) in [5.41, 5.74) is 5.52. The summed E-state index contributed by atoms with van der Waals surface area (Å²) in [6.07, 6.45) is 0. The molecule has 0 saturated carbocycles. The summed E-state index contributed by atoms with van der Waals surface area (Å²) in [4.78, 5) is 11.8. The monoisotopic (exact) mass is 331 g/mol. The number of phenols is 1. The zero-order valence-corrected chi connectivity index (χ0v) is 14.0. The van der Waals surface area contributed by atoms with Crippen LogP contribution in [0.2, 0.25) is 0 Å². The molecule has 0 spiro atoms. The number of hydrogen-bond acceptors (Lipinski definition) is 4. The summed E-state index contributed by atoms with van der Waals surface area (Å²) in [5.74, 6) is 0.639. The maximum Gasteiger partial charge on any atom is 0.182 e. The Morgan fingerprint density at radius 3 is 2.52 bits per heavy atom. The largest absolute Gasteiger partial charge is 0.508 e. The first kappa shape index (κ1) is 15.3. The predicted molar refractivity (Wildman–Crippen MR) is 100 cm³/mol. The third-order valence-electron chi connectivity index (χ3n) is 4.46. The van der Waals surface area contributed by atoms with Gasteiger partial charge in [0.25, 0.3) is 0 Å². The molecule has 124 valence electrons. The lowest BCUT2D eigenvalue weighted by Gasteiger charge is -2.17. The molecule has 0 saturated heterocycles. The fourth-order valence-corrected chi connectivity index (χ4v) is 3.25. The predicted octanol–water partition coefficient (Wildman–Crippen LogP) is 4.62. The number of benzene rings is 3. The zero-order valence-electron chi connectivity index (χ0n) is 14.0. The van der Waals surface area contributed by atoms with Gasteiger partial charge in [-0.15, -0.1) is 0 Å². The van der Waals surface area contributed by atoms with Gasteiger partial charge in [-0.2, -0.15) is 0 Å². The van der Waals surface area contributed by atoms with Crippen LogP contribution in [0.15, 0.2) is 63.8 Å². The molecule has 2 N–H and O–H groups in total. The number of rotatable bonds is 2. The van der Waals surface area contributed by atoms with E-state index in [9.17, 15) is 9.90 Å². The van der Waals surface area contributed by atoms with E-state index in [1.807, 2.05) is 19.2 Å². The third kappa shape index (κ3) is 2.52. The maximum absolute atomic E-state index is 11.8. The van der Waals surface area contributed by atoms with Gasteiger partial charge >= 0.3 is 0 Å². The van der Waals surface area contributed by atoms with Gasteiger partial charge in [0, 0.05) is 41.4 Å². The number of fused-ring (bicyclic) bond motifs is 2. The van der Waals surface area contributed by atoms with Gasteiger partial charge in [-0.25, -0.2) is 0 Å². The standard InChI is InChI=1S/C21H17NO3/c1-12-9-13(22-2)3-6-16(12)21-17-7-4-14(23)10-19(17)25-20-11-15(24)5-8-18(20)21/h3-11,22-23H,1-2H3. The van der Waals surface area contributed by atoms with Crippen molar-refractivity contribution < 1.29 is 9.52 Å². The van der Waals surface area contributed by atoms with Crippen LogP contribution in [0.5, 0.6) is 5.75 Å². The molecule has 0 amide bonds. The Morgan fingerprint density at radius 1 is 0.960 bits per heavy atom. The fourth-order valence-electron chi connectivity index (χ4n) is 3.25. The summed E-state index contributed by atoms with van der Waals surface area (Å²) in [6.45, 7) is 2.06. The molecule has 2 aliphatic rings. The second-order valence-electron chi connectivity index (χ2n) is 6.10. The van der Waals surface area contributed by atoms with Gasteiger partial charge in [-0.1, -0.05) is 6.07 Å². The van der Waals surface area contributed by atoms with Crippen LogP contribution >= 0.6 is 0 Å². The molecule has 25 heavy (non-hydrogen) atoms. The molecule has 4 rings (SSSR count). The van der Waals surface area contributed by atoms with Crippen molar-refractivity contribution in [1.82, 2.24) is 0 Å². The molecule has 4 nitrogen and oxygen atoms in total. The highest BCUT2D eigenvalue weighted by Crippen LogP contribution is 2.42. The molecule has 0 fully saturated rings.